The Kier molecular flexibility index (Phi) is 23.2. The van der Waals surface area contributed by atoms with Crippen LogP contribution < -0.4 is 64.4 Å². The predicted molar refractivity (Wildman–Crippen MR) is 89.2 cm³/mol. The Balaban J connectivity index is -0.000000184. The number of aliphatic hydroxyl groups is 1. The zero-order chi connectivity index (χ0) is 17.7. The molecule has 0 amide bonds. The standard InChI is InChI=1S/C13H22NO4P.2Na.HO3P.2H/c15-13(19(16,17)18)9-11-14-10-5-4-8-12-6-2-1-3-7-12;;;1-4(2)3;;/h1-3,6-7,13-15H,4-5,8-11H2,(H2,16,17,18);;;(H-,1,2,3);;/q;2*+1;;2*-1/p+1. The van der Waals surface area contributed by atoms with Crippen LogP contribution in [0.2, 0.25) is 0 Å². The van der Waals surface area contributed by atoms with Gasteiger partial charge >= 0.3 is 75.0 Å². The van der Waals surface area contributed by atoms with Gasteiger partial charge in [-0.2, -0.15) is 0 Å². The van der Waals surface area contributed by atoms with Gasteiger partial charge in [0.15, 0.2) is 5.85 Å². The number of nitrogens with one attached hydrogen (secondary N) is 1. The molecule has 25 heavy (non-hydrogen) atoms. The molecule has 0 aromatic heterocycles. The van der Waals surface area contributed by atoms with Gasteiger partial charge in [-0.3, -0.25) is 4.57 Å². The molecule has 12 heteroatoms. The van der Waals surface area contributed by atoms with Gasteiger partial charge in [-0.05, 0) is 44.3 Å². The normalized spacial score (nSPS) is 11.2. The van der Waals surface area contributed by atoms with Crippen molar-refractivity contribution in [2.75, 3.05) is 13.1 Å². The van der Waals surface area contributed by atoms with Gasteiger partial charge in [0, 0.05) is 4.57 Å². The summed E-state index contributed by atoms with van der Waals surface area (Å²) >= 11 is 0. The molecule has 0 aliphatic carbocycles. The van der Waals surface area contributed by atoms with Gasteiger partial charge < -0.3 is 23.1 Å². The van der Waals surface area contributed by atoms with Crippen molar-refractivity contribution in [1.29, 1.82) is 0 Å². The van der Waals surface area contributed by atoms with Crippen molar-refractivity contribution in [3.05, 3.63) is 35.9 Å². The van der Waals surface area contributed by atoms with Crippen LogP contribution in [0.4, 0.5) is 0 Å². The van der Waals surface area contributed by atoms with Gasteiger partial charge in [0.1, 0.15) is 0 Å². The van der Waals surface area contributed by atoms with E-state index in [9.17, 15) is 4.57 Å². The molecule has 1 aromatic rings. The van der Waals surface area contributed by atoms with Gasteiger partial charge in [0.05, 0.1) is 0 Å². The van der Waals surface area contributed by atoms with Crippen LogP contribution >= 0.6 is 15.9 Å². The maximum Gasteiger partial charge on any atom is 1.00 e. The number of hydrogen-bond donors (Lipinski definition) is 6. The molecule has 0 radical (unpaired) electrons. The summed E-state index contributed by atoms with van der Waals surface area (Å²) in [5.74, 6) is -1.55. The average Bonchev–Trinajstić information content (AvgIpc) is 2.45. The molecule has 0 bridgehead atoms. The van der Waals surface area contributed by atoms with E-state index in [2.05, 4.69) is 17.4 Å². The molecule has 1 atom stereocenters. The summed E-state index contributed by atoms with van der Waals surface area (Å²) in [7, 11) is -7.21. The summed E-state index contributed by atoms with van der Waals surface area (Å²) in [4.78, 5) is 31.6. The monoisotopic (exact) mass is 416 g/mol. The largest absolute Gasteiger partial charge is 1.00 e. The van der Waals surface area contributed by atoms with E-state index in [0.717, 1.165) is 25.8 Å². The van der Waals surface area contributed by atoms with Gasteiger partial charge in [-0.1, -0.05) is 30.3 Å². The first-order chi connectivity index (χ1) is 10.7. The van der Waals surface area contributed by atoms with Crippen molar-refractivity contribution in [2.24, 2.45) is 0 Å². The van der Waals surface area contributed by atoms with Crippen LogP contribution in [0.1, 0.15) is 27.7 Å². The Hall–Kier alpha value is 1.31. The molecule has 1 unspecified atom stereocenters. The summed E-state index contributed by atoms with van der Waals surface area (Å²) in [6.07, 6.45) is 3.18. The van der Waals surface area contributed by atoms with Gasteiger partial charge in [-0.15, -0.1) is 9.79 Å². The molecule has 0 saturated carbocycles. The van der Waals surface area contributed by atoms with Crippen molar-refractivity contribution >= 4 is 15.9 Å². The van der Waals surface area contributed by atoms with Gasteiger partial charge in [0.2, 0.25) is 0 Å². The third kappa shape index (κ3) is 21.5. The molecule has 136 valence electrons. The minimum Gasteiger partial charge on any atom is -1.00 e. The molecule has 8 nitrogen and oxygen atoms in total. The summed E-state index contributed by atoms with van der Waals surface area (Å²) in [5.41, 5.74) is 1.32. The molecular weight excluding hydrogens is 390 g/mol. The fourth-order valence-electron chi connectivity index (χ4n) is 1.75. The van der Waals surface area contributed by atoms with E-state index in [1.165, 1.54) is 5.56 Å². The first kappa shape index (κ1) is 31.0. The van der Waals surface area contributed by atoms with E-state index >= 15 is 0 Å². The molecule has 0 spiro atoms. The van der Waals surface area contributed by atoms with Crippen molar-refractivity contribution < 1.29 is 95.8 Å². The van der Waals surface area contributed by atoms with Crippen LogP contribution in [0.5, 0.6) is 0 Å². The Morgan fingerprint density at radius 2 is 1.60 bits per heavy atom. The summed E-state index contributed by atoms with van der Waals surface area (Å²) in [6.45, 7) is 1.21. The maximum absolute atomic E-state index is 10.7. The number of hydrogen-bond acceptors (Lipinski definition) is 4. The van der Waals surface area contributed by atoms with Crippen LogP contribution in [-0.4, -0.2) is 43.6 Å². The van der Waals surface area contributed by atoms with Crippen molar-refractivity contribution in [3.8, 4) is 0 Å². The minimum atomic E-state index is -4.34. The molecule has 0 aliphatic heterocycles. The summed E-state index contributed by atoms with van der Waals surface area (Å²) < 4.78 is 19.4. The topological polar surface area (TPSA) is 147 Å². The molecule has 1 aromatic carbocycles. The van der Waals surface area contributed by atoms with Crippen LogP contribution in [0.3, 0.4) is 0 Å². The molecule has 6 N–H and O–H groups in total. The minimum absolute atomic E-state index is 0. The summed E-state index contributed by atoms with van der Waals surface area (Å²) in [5, 5.41) is 12.2. The van der Waals surface area contributed by atoms with Crippen LogP contribution in [0.15, 0.2) is 30.3 Å². The SMILES string of the molecule is O=P(O)(O)C(O)CCNCCCCc1ccccc1.O=[P+](O)O.[H-].[H-].[Na+].[Na+]. The van der Waals surface area contributed by atoms with Crippen LogP contribution in [0.25, 0.3) is 0 Å². The first-order valence-electron chi connectivity index (χ1n) is 7.06. The molecule has 0 saturated heterocycles. The van der Waals surface area contributed by atoms with Gasteiger partial charge in [-0.25, -0.2) is 0 Å². The average molecular weight is 416 g/mol. The molecule has 0 heterocycles. The second-order valence-electron chi connectivity index (χ2n) is 4.80. The Labute approximate surface area is 196 Å². The number of benzene rings is 1. The van der Waals surface area contributed by atoms with E-state index in [0.29, 0.717) is 6.54 Å². The van der Waals surface area contributed by atoms with Crippen molar-refractivity contribution in [1.82, 2.24) is 5.32 Å². The third-order valence-electron chi connectivity index (χ3n) is 2.88. The smallest absolute Gasteiger partial charge is 1.00 e. The number of rotatable bonds is 9. The molecule has 0 aliphatic rings. The predicted octanol–water partition coefficient (Wildman–Crippen LogP) is -4.65. The van der Waals surface area contributed by atoms with Crippen LogP contribution in [0, 0.1) is 0 Å². The first-order valence-corrected chi connectivity index (χ1v) is 9.91. The Morgan fingerprint density at radius 3 is 2.08 bits per heavy atom. The third-order valence-corrected chi connectivity index (χ3v) is 3.91. The number of aliphatic hydroxyl groups excluding tert-OH is 1. The molecular formula is C13H26NNa2O7P2+. The molecule has 0 fully saturated rings. The number of unbranched alkanes of at least 4 members (excludes halogenated alkanes) is 1. The Morgan fingerprint density at radius 1 is 1.08 bits per heavy atom. The number of aryl methyl sites for hydroxylation is 1. The van der Waals surface area contributed by atoms with E-state index in [1.54, 1.807) is 0 Å². The Bertz CT molecular complexity index is 497. The zero-order valence-corrected chi connectivity index (χ0v) is 20.4. The van der Waals surface area contributed by atoms with Crippen LogP contribution in [-0.2, 0) is 15.6 Å². The quantitative estimate of drug-likeness (QED) is 0.134. The fourth-order valence-corrected chi connectivity index (χ4v) is 2.21. The van der Waals surface area contributed by atoms with E-state index in [-0.39, 0.29) is 68.4 Å². The zero-order valence-electron chi connectivity index (χ0n) is 16.7. The maximum atomic E-state index is 10.7. The second-order valence-corrected chi connectivity index (χ2v) is 7.08. The van der Waals surface area contributed by atoms with Gasteiger partial charge in [0.25, 0.3) is 0 Å². The van der Waals surface area contributed by atoms with E-state index in [4.69, 9.17) is 29.2 Å². The second kappa shape index (κ2) is 18.7. The van der Waals surface area contributed by atoms with Crippen molar-refractivity contribution in [2.45, 2.75) is 31.5 Å². The van der Waals surface area contributed by atoms with Crippen molar-refractivity contribution in [3.63, 3.8) is 0 Å². The fraction of sp³-hybridized carbons (Fsp3) is 0.538. The van der Waals surface area contributed by atoms with E-state index in [1.807, 2.05) is 18.2 Å². The molecule has 1 rings (SSSR count). The van der Waals surface area contributed by atoms with E-state index < -0.39 is 21.7 Å². The summed E-state index contributed by atoms with van der Waals surface area (Å²) in [6, 6.07) is 10.2.